The van der Waals surface area contributed by atoms with Crippen LogP contribution in [0.25, 0.3) is 0 Å². The summed E-state index contributed by atoms with van der Waals surface area (Å²) < 4.78 is 25.8. The van der Waals surface area contributed by atoms with Gasteiger partial charge in [0.1, 0.15) is 0 Å². The van der Waals surface area contributed by atoms with Crippen LogP contribution in [-0.4, -0.2) is 60.8 Å². The number of rotatable bonds is 5. The molecule has 2 aliphatic heterocycles. The number of benzene rings is 1. The normalized spacial score (nSPS) is 22.2. The molecule has 2 aliphatic rings. The van der Waals surface area contributed by atoms with Crippen LogP contribution in [0.1, 0.15) is 54.7 Å². The van der Waals surface area contributed by atoms with Crippen molar-refractivity contribution in [3.05, 3.63) is 46.8 Å². The number of aromatic nitrogens is 2. The molecular weight excluding hydrogens is 396 g/mol. The summed E-state index contributed by atoms with van der Waals surface area (Å²) >= 11 is 0. The van der Waals surface area contributed by atoms with Crippen LogP contribution in [0.4, 0.5) is 5.69 Å². The molecule has 0 N–H and O–H groups in total. The second-order valence-corrected chi connectivity index (χ2v) is 11.4. The number of sulfone groups is 1. The Bertz CT molecular complexity index is 987. The van der Waals surface area contributed by atoms with Crippen molar-refractivity contribution in [2.24, 2.45) is 0 Å². The summed E-state index contributed by atoms with van der Waals surface area (Å²) in [7, 11) is -2.91. The largest absolute Gasteiger partial charge is 0.366 e. The standard InChI is InChI=1S/C23H34N4O2S/c1-17(2)21-7-5-20(6-8-21)15-25-10-12-26(13-11-25)23-18(3)24-27(19(23)4)22-9-14-30(28,29)16-22/h5-8,17,22H,9-16H2,1-4H3. The number of piperazine rings is 1. The van der Waals surface area contributed by atoms with E-state index >= 15 is 0 Å². The molecule has 0 radical (unpaired) electrons. The highest BCUT2D eigenvalue weighted by atomic mass is 32.2. The van der Waals surface area contributed by atoms with Crippen molar-refractivity contribution in [1.82, 2.24) is 14.7 Å². The van der Waals surface area contributed by atoms with Gasteiger partial charge in [0, 0.05) is 32.7 Å². The van der Waals surface area contributed by atoms with Crippen LogP contribution in [0, 0.1) is 13.8 Å². The van der Waals surface area contributed by atoms with E-state index in [9.17, 15) is 8.42 Å². The van der Waals surface area contributed by atoms with Crippen molar-refractivity contribution < 1.29 is 8.42 Å². The third-order valence-corrected chi connectivity index (χ3v) is 8.33. The van der Waals surface area contributed by atoms with E-state index in [1.54, 1.807) is 0 Å². The zero-order chi connectivity index (χ0) is 21.5. The molecule has 0 amide bonds. The van der Waals surface area contributed by atoms with Crippen LogP contribution >= 0.6 is 0 Å². The maximum Gasteiger partial charge on any atom is 0.152 e. The Morgan fingerprint density at radius 1 is 1.07 bits per heavy atom. The molecule has 3 heterocycles. The Hall–Kier alpha value is -1.86. The van der Waals surface area contributed by atoms with Gasteiger partial charge in [-0.15, -0.1) is 0 Å². The van der Waals surface area contributed by atoms with Crippen LogP contribution in [0.3, 0.4) is 0 Å². The van der Waals surface area contributed by atoms with Gasteiger partial charge in [0.05, 0.1) is 34.6 Å². The van der Waals surface area contributed by atoms with Gasteiger partial charge in [-0.2, -0.15) is 5.10 Å². The van der Waals surface area contributed by atoms with E-state index < -0.39 is 9.84 Å². The first-order valence-corrected chi connectivity index (χ1v) is 12.9. The first-order chi connectivity index (χ1) is 14.2. The molecule has 0 saturated carbocycles. The van der Waals surface area contributed by atoms with Crippen LogP contribution < -0.4 is 4.90 Å². The lowest BCUT2D eigenvalue weighted by atomic mass is 10.0. The van der Waals surface area contributed by atoms with Gasteiger partial charge in [-0.3, -0.25) is 9.58 Å². The molecule has 2 fully saturated rings. The van der Waals surface area contributed by atoms with E-state index in [1.165, 1.54) is 16.8 Å². The van der Waals surface area contributed by atoms with E-state index in [-0.39, 0.29) is 17.5 Å². The summed E-state index contributed by atoms with van der Waals surface area (Å²) in [5, 5.41) is 4.74. The molecule has 1 aromatic heterocycles. The van der Waals surface area contributed by atoms with Gasteiger partial charge in [0.25, 0.3) is 0 Å². The van der Waals surface area contributed by atoms with Crippen molar-refractivity contribution >= 4 is 15.5 Å². The zero-order valence-electron chi connectivity index (χ0n) is 18.6. The highest BCUT2D eigenvalue weighted by Crippen LogP contribution is 2.31. The van der Waals surface area contributed by atoms with E-state index in [0.29, 0.717) is 12.3 Å². The maximum atomic E-state index is 11.9. The minimum atomic E-state index is -2.91. The van der Waals surface area contributed by atoms with Crippen LogP contribution in [-0.2, 0) is 16.4 Å². The summed E-state index contributed by atoms with van der Waals surface area (Å²) in [6.07, 6.45) is 0.674. The van der Waals surface area contributed by atoms with Crippen LogP contribution in [0.15, 0.2) is 24.3 Å². The van der Waals surface area contributed by atoms with Gasteiger partial charge >= 0.3 is 0 Å². The van der Waals surface area contributed by atoms with Gasteiger partial charge in [-0.05, 0) is 37.3 Å². The summed E-state index contributed by atoms with van der Waals surface area (Å²) in [6, 6.07) is 9.00. The van der Waals surface area contributed by atoms with E-state index in [4.69, 9.17) is 5.10 Å². The Morgan fingerprint density at radius 3 is 2.30 bits per heavy atom. The lowest BCUT2D eigenvalue weighted by molar-refractivity contribution is 0.249. The Balaban J connectivity index is 1.39. The number of aryl methyl sites for hydroxylation is 1. The molecule has 7 heteroatoms. The molecule has 6 nitrogen and oxygen atoms in total. The molecule has 0 bridgehead atoms. The van der Waals surface area contributed by atoms with Crippen molar-refractivity contribution in [1.29, 1.82) is 0 Å². The summed E-state index contributed by atoms with van der Waals surface area (Å²) in [4.78, 5) is 4.94. The summed E-state index contributed by atoms with van der Waals surface area (Å²) in [5.74, 6) is 1.07. The minimum Gasteiger partial charge on any atom is -0.366 e. The molecule has 1 atom stereocenters. The van der Waals surface area contributed by atoms with E-state index in [1.807, 2.05) is 11.6 Å². The first-order valence-electron chi connectivity index (χ1n) is 11.1. The zero-order valence-corrected chi connectivity index (χ0v) is 19.5. The van der Waals surface area contributed by atoms with Crippen LogP contribution in [0.5, 0.6) is 0 Å². The van der Waals surface area contributed by atoms with Crippen molar-refractivity contribution in [3.8, 4) is 0 Å². The van der Waals surface area contributed by atoms with Crippen LogP contribution in [0.2, 0.25) is 0 Å². The summed E-state index contributed by atoms with van der Waals surface area (Å²) in [6.45, 7) is 13.6. The molecule has 2 saturated heterocycles. The highest BCUT2D eigenvalue weighted by molar-refractivity contribution is 7.91. The van der Waals surface area contributed by atoms with E-state index in [0.717, 1.165) is 44.1 Å². The molecule has 164 valence electrons. The molecule has 1 aromatic carbocycles. The average Bonchev–Trinajstić information content (AvgIpc) is 3.21. The molecule has 1 unspecified atom stereocenters. The predicted molar refractivity (Wildman–Crippen MR) is 122 cm³/mol. The molecular formula is C23H34N4O2S. The van der Waals surface area contributed by atoms with Crippen molar-refractivity contribution in [2.75, 3.05) is 42.6 Å². The quantitative estimate of drug-likeness (QED) is 0.728. The Morgan fingerprint density at radius 2 is 1.73 bits per heavy atom. The monoisotopic (exact) mass is 430 g/mol. The second kappa shape index (κ2) is 8.35. The summed E-state index contributed by atoms with van der Waals surface area (Å²) in [5.41, 5.74) is 6.07. The highest BCUT2D eigenvalue weighted by Gasteiger charge is 2.32. The predicted octanol–water partition coefficient (Wildman–Crippen LogP) is 3.31. The third kappa shape index (κ3) is 4.42. The number of anilines is 1. The minimum absolute atomic E-state index is 0.0162. The maximum absolute atomic E-state index is 11.9. The molecule has 0 spiro atoms. The lowest BCUT2D eigenvalue weighted by Gasteiger charge is -2.36. The van der Waals surface area contributed by atoms with Gasteiger partial charge in [0.2, 0.25) is 0 Å². The molecule has 0 aliphatic carbocycles. The van der Waals surface area contributed by atoms with Crippen molar-refractivity contribution in [2.45, 2.75) is 52.6 Å². The SMILES string of the molecule is Cc1nn(C2CCS(=O)(=O)C2)c(C)c1N1CCN(Cc2ccc(C(C)C)cc2)CC1. The molecule has 30 heavy (non-hydrogen) atoms. The molecule has 4 rings (SSSR count). The second-order valence-electron chi connectivity index (χ2n) is 9.18. The fourth-order valence-electron chi connectivity index (χ4n) is 4.83. The van der Waals surface area contributed by atoms with E-state index in [2.05, 4.69) is 54.8 Å². The van der Waals surface area contributed by atoms with Crippen molar-refractivity contribution in [3.63, 3.8) is 0 Å². The lowest BCUT2D eigenvalue weighted by Crippen LogP contribution is -2.46. The Labute approximate surface area is 180 Å². The van der Waals surface area contributed by atoms with Gasteiger partial charge in [-0.25, -0.2) is 8.42 Å². The third-order valence-electron chi connectivity index (χ3n) is 6.58. The number of nitrogens with zero attached hydrogens (tertiary/aromatic N) is 4. The number of hydrogen-bond donors (Lipinski definition) is 0. The van der Waals surface area contributed by atoms with Gasteiger partial charge < -0.3 is 4.90 Å². The van der Waals surface area contributed by atoms with Gasteiger partial charge in [-0.1, -0.05) is 38.1 Å². The first kappa shape index (κ1) is 21.4. The number of hydrogen-bond acceptors (Lipinski definition) is 5. The van der Waals surface area contributed by atoms with Gasteiger partial charge in [0.15, 0.2) is 9.84 Å². The topological polar surface area (TPSA) is 58.4 Å². The average molecular weight is 431 g/mol. The molecule has 2 aromatic rings. The smallest absolute Gasteiger partial charge is 0.152 e. The fraction of sp³-hybridized carbons (Fsp3) is 0.609. The fourth-order valence-corrected chi connectivity index (χ4v) is 6.52. The Kier molecular flexibility index (Phi) is 5.95.